The van der Waals surface area contributed by atoms with Crippen LogP contribution in [0.5, 0.6) is 0 Å². The lowest BCUT2D eigenvalue weighted by atomic mass is 10.1. The number of rotatable bonds is 7. The molecular formula is C25H22ClF3N4O2. The second kappa shape index (κ2) is 10.4. The number of aromatic nitrogens is 1. The number of nitrogens with zero attached hydrogens (tertiary/aromatic N) is 2. The van der Waals surface area contributed by atoms with Gasteiger partial charge in [0.15, 0.2) is 0 Å². The van der Waals surface area contributed by atoms with Gasteiger partial charge in [0.25, 0.3) is 5.91 Å². The summed E-state index contributed by atoms with van der Waals surface area (Å²) in [5.74, 6) is -1.22. The van der Waals surface area contributed by atoms with E-state index in [1.54, 1.807) is 29.2 Å². The summed E-state index contributed by atoms with van der Waals surface area (Å²) in [6.45, 7) is 0.948. The first-order valence-electron chi connectivity index (χ1n) is 10.9. The van der Waals surface area contributed by atoms with Gasteiger partial charge < -0.3 is 15.5 Å². The molecule has 4 rings (SSSR count). The first-order valence-corrected chi connectivity index (χ1v) is 11.3. The molecule has 2 aromatic carbocycles. The maximum atomic E-state index is 13.7. The van der Waals surface area contributed by atoms with Crippen molar-refractivity contribution in [2.75, 3.05) is 18.4 Å². The van der Waals surface area contributed by atoms with Gasteiger partial charge in [-0.1, -0.05) is 48.0 Å². The second-order valence-electron chi connectivity index (χ2n) is 8.29. The smallest absolute Gasteiger partial charge is 0.352 e. The van der Waals surface area contributed by atoms with Gasteiger partial charge in [-0.15, -0.1) is 0 Å². The Morgan fingerprint density at radius 3 is 2.60 bits per heavy atom. The van der Waals surface area contributed by atoms with E-state index in [0.29, 0.717) is 23.8 Å². The van der Waals surface area contributed by atoms with Crippen molar-refractivity contribution < 1.29 is 22.8 Å². The molecule has 2 N–H and O–H groups in total. The van der Waals surface area contributed by atoms with Crippen molar-refractivity contribution in [1.82, 2.24) is 15.2 Å². The summed E-state index contributed by atoms with van der Waals surface area (Å²) >= 11 is 5.91. The van der Waals surface area contributed by atoms with Crippen molar-refractivity contribution in [2.45, 2.75) is 19.1 Å². The monoisotopic (exact) mass is 502 g/mol. The molecule has 1 aliphatic rings. The molecule has 2 amide bonds. The SMILES string of the molecule is O=C(NCC1CC(=O)N(Cc2ccccc2)C1)c1cnc(Nc2cccc(Cl)c2)cc1C(F)(F)F. The Hall–Kier alpha value is -3.59. The van der Waals surface area contributed by atoms with Crippen LogP contribution in [-0.4, -0.2) is 34.8 Å². The van der Waals surface area contributed by atoms with Gasteiger partial charge in [0.2, 0.25) is 5.91 Å². The maximum absolute atomic E-state index is 13.7. The molecule has 0 bridgehead atoms. The zero-order valence-corrected chi connectivity index (χ0v) is 19.2. The zero-order valence-electron chi connectivity index (χ0n) is 18.5. The molecule has 1 aliphatic heterocycles. The summed E-state index contributed by atoms with van der Waals surface area (Å²) in [5.41, 5.74) is -0.249. The number of carbonyl (C=O) groups is 2. The van der Waals surface area contributed by atoms with Gasteiger partial charge in [0, 0.05) is 48.9 Å². The molecule has 182 valence electrons. The summed E-state index contributed by atoms with van der Waals surface area (Å²) in [6, 6.07) is 16.7. The standard InChI is InChI=1S/C25H22ClF3N4O2/c26-18-7-4-8-19(10-18)32-22-11-21(25(27,28)29)20(13-30-22)24(35)31-12-17-9-23(34)33(15-17)14-16-5-2-1-3-6-16/h1-8,10-11,13,17H,9,12,14-15H2,(H,30,32)(H,31,35). The van der Waals surface area contributed by atoms with E-state index in [-0.39, 0.29) is 30.6 Å². The first kappa shape index (κ1) is 24.5. The van der Waals surface area contributed by atoms with Crippen LogP contribution in [0.25, 0.3) is 0 Å². The van der Waals surface area contributed by atoms with Crippen LogP contribution in [0.15, 0.2) is 66.9 Å². The minimum atomic E-state index is -4.77. The van der Waals surface area contributed by atoms with Crippen LogP contribution in [0.4, 0.5) is 24.7 Å². The summed E-state index contributed by atoms with van der Waals surface area (Å²) in [6.07, 6.45) is -3.65. The summed E-state index contributed by atoms with van der Waals surface area (Å²) in [7, 11) is 0. The molecule has 0 spiro atoms. The van der Waals surface area contributed by atoms with E-state index >= 15 is 0 Å². The third-order valence-electron chi connectivity index (χ3n) is 5.61. The summed E-state index contributed by atoms with van der Waals surface area (Å²) in [5, 5.41) is 5.71. The average Bonchev–Trinajstić information content (AvgIpc) is 3.16. The second-order valence-corrected chi connectivity index (χ2v) is 8.72. The number of carbonyl (C=O) groups excluding carboxylic acids is 2. The predicted octanol–water partition coefficient (Wildman–Crippen LogP) is 5.28. The summed E-state index contributed by atoms with van der Waals surface area (Å²) in [4.78, 5) is 30.6. The van der Waals surface area contributed by atoms with Crippen molar-refractivity contribution in [3.8, 4) is 0 Å². The lowest BCUT2D eigenvalue weighted by molar-refractivity contribution is -0.138. The minimum absolute atomic E-state index is 0.0535. The molecule has 10 heteroatoms. The Morgan fingerprint density at radius 2 is 1.89 bits per heavy atom. The number of benzene rings is 2. The number of halogens is 4. The fourth-order valence-corrected chi connectivity index (χ4v) is 4.12. The fourth-order valence-electron chi connectivity index (χ4n) is 3.93. The highest BCUT2D eigenvalue weighted by atomic mass is 35.5. The van der Waals surface area contributed by atoms with Gasteiger partial charge in [-0.2, -0.15) is 13.2 Å². The molecule has 6 nitrogen and oxygen atoms in total. The number of nitrogens with one attached hydrogen (secondary N) is 2. The molecular weight excluding hydrogens is 481 g/mol. The van der Waals surface area contributed by atoms with Crippen molar-refractivity contribution in [3.63, 3.8) is 0 Å². The number of likely N-dealkylation sites (tertiary alicyclic amines) is 1. The van der Waals surface area contributed by atoms with E-state index in [9.17, 15) is 22.8 Å². The fraction of sp³-hybridized carbons (Fsp3) is 0.240. The van der Waals surface area contributed by atoms with E-state index < -0.39 is 23.2 Å². The van der Waals surface area contributed by atoms with Gasteiger partial charge in [-0.3, -0.25) is 9.59 Å². The highest BCUT2D eigenvalue weighted by molar-refractivity contribution is 6.30. The van der Waals surface area contributed by atoms with Crippen LogP contribution in [-0.2, 0) is 17.5 Å². The normalized spacial score (nSPS) is 15.8. The lowest BCUT2D eigenvalue weighted by Gasteiger charge is -2.18. The number of amides is 2. The van der Waals surface area contributed by atoms with Crippen LogP contribution >= 0.6 is 11.6 Å². The van der Waals surface area contributed by atoms with Crippen molar-refractivity contribution in [1.29, 1.82) is 0 Å². The van der Waals surface area contributed by atoms with Gasteiger partial charge in [-0.25, -0.2) is 4.98 Å². The molecule has 1 atom stereocenters. The average molecular weight is 503 g/mol. The number of alkyl halides is 3. The number of hydrogen-bond donors (Lipinski definition) is 2. The molecule has 1 unspecified atom stereocenters. The van der Waals surface area contributed by atoms with E-state index in [4.69, 9.17) is 11.6 Å². The lowest BCUT2D eigenvalue weighted by Crippen LogP contribution is -2.32. The molecule has 1 saturated heterocycles. The highest BCUT2D eigenvalue weighted by Gasteiger charge is 2.36. The Labute approximate surface area is 205 Å². The Morgan fingerprint density at radius 1 is 1.11 bits per heavy atom. The molecule has 0 aliphatic carbocycles. The largest absolute Gasteiger partial charge is 0.417 e. The topological polar surface area (TPSA) is 74.3 Å². The van der Waals surface area contributed by atoms with Crippen molar-refractivity contribution in [3.05, 3.63) is 88.6 Å². The quantitative estimate of drug-likeness (QED) is 0.461. The number of anilines is 2. The molecule has 3 aromatic rings. The maximum Gasteiger partial charge on any atom is 0.417 e. The van der Waals surface area contributed by atoms with E-state index in [0.717, 1.165) is 17.8 Å². The number of pyridine rings is 1. The van der Waals surface area contributed by atoms with Crippen LogP contribution in [0, 0.1) is 5.92 Å². The van der Waals surface area contributed by atoms with E-state index in [2.05, 4.69) is 15.6 Å². The molecule has 0 saturated carbocycles. The van der Waals surface area contributed by atoms with Crippen LogP contribution in [0.1, 0.15) is 27.9 Å². The van der Waals surface area contributed by atoms with Crippen LogP contribution in [0.3, 0.4) is 0 Å². The zero-order chi connectivity index (χ0) is 25.0. The van der Waals surface area contributed by atoms with Crippen LogP contribution in [0.2, 0.25) is 5.02 Å². The van der Waals surface area contributed by atoms with Gasteiger partial charge in [0.05, 0.1) is 11.1 Å². The molecule has 0 radical (unpaired) electrons. The van der Waals surface area contributed by atoms with Crippen molar-refractivity contribution >= 4 is 34.9 Å². The number of hydrogen-bond acceptors (Lipinski definition) is 4. The Balaban J connectivity index is 1.41. The predicted molar refractivity (Wildman–Crippen MR) is 126 cm³/mol. The minimum Gasteiger partial charge on any atom is -0.352 e. The molecule has 35 heavy (non-hydrogen) atoms. The summed E-state index contributed by atoms with van der Waals surface area (Å²) < 4.78 is 41.2. The Kier molecular flexibility index (Phi) is 7.25. The van der Waals surface area contributed by atoms with E-state index in [1.807, 2.05) is 30.3 Å². The highest BCUT2D eigenvalue weighted by Crippen LogP contribution is 2.34. The van der Waals surface area contributed by atoms with Gasteiger partial charge >= 0.3 is 6.18 Å². The molecule has 1 fully saturated rings. The van der Waals surface area contributed by atoms with Crippen molar-refractivity contribution in [2.24, 2.45) is 5.92 Å². The van der Waals surface area contributed by atoms with Gasteiger partial charge in [0.1, 0.15) is 5.82 Å². The van der Waals surface area contributed by atoms with Gasteiger partial charge in [-0.05, 0) is 29.8 Å². The Bertz CT molecular complexity index is 1220. The first-order chi connectivity index (χ1) is 16.7. The third-order valence-corrected chi connectivity index (χ3v) is 5.85. The van der Waals surface area contributed by atoms with E-state index in [1.165, 1.54) is 0 Å². The van der Waals surface area contributed by atoms with Crippen LogP contribution < -0.4 is 10.6 Å². The molecule has 1 aromatic heterocycles. The molecule has 2 heterocycles. The third kappa shape index (κ3) is 6.30.